The van der Waals surface area contributed by atoms with E-state index < -0.39 is 0 Å². The number of methoxy groups -OCH3 is 1. The summed E-state index contributed by atoms with van der Waals surface area (Å²) in [5.41, 5.74) is 2.12. The van der Waals surface area contributed by atoms with Crippen LogP contribution in [0.1, 0.15) is 25.5 Å². The second-order valence-electron chi connectivity index (χ2n) is 4.54. The van der Waals surface area contributed by atoms with Gasteiger partial charge in [-0.2, -0.15) is 0 Å². The van der Waals surface area contributed by atoms with E-state index in [4.69, 9.17) is 9.47 Å². The van der Waals surface area contributed by atoms with Gasteiger partial charge in [0.15, 0.2) is 0 Å². The predicted molar refractivity (Wildman–Crippen MR) is 82.6 cm³/mol. The topological polar surface area (TPSA) is 30.5 Å². The molecule has 0 saturated heterocycles. The monoisotopic (exact) mass is 271 g/mol. The maximum Gasteiger partial charge on any atom is 0.142 e. The third-order valence-corrected chi connectivity index (χ3v) is 3.16. The lowest BCUT2D eigenvalue weighted by atomic mass is 10.1. The molecule has 2 rings (SSSR count). The van der Waals surface area contributed by atoms with Gasteiger partial charge in [-0.05, 0) is 32.0 Å². The van der Waals surface area contributed by atoms with Crippen molar-refractivity contribution in [2.45, 2.75) is 19.9 Å². The number of hydrogen-bond donors (Lipinski definition) is 1. The van der Waals surface area contributed by atoms with Crippen molar-refractivity contribution in [2.75, 3.05) is 19.0 Å². The largest absolute Gasteiger partial charge is 0.496 e. The van der Waals surface area contributed by atoms with E-state index in [0.717, 1.165) is 22.7 Å². The van der Waals surface area contributed by atoms with Gasteiger partial charge in [-0.15, -0.1) is 0 Å². The van der Waals surface area contributed by atoms with Crippen molar-refractivity contribution in [2.24, 2.45) is 0 Å². The van der Waals surface area contributed by atoms with Crippen LogP contribution in [0.15, 0.2) is 48.5 Å². The molecule has 3 nitrogen and oxygen atoms in total. The average Bonchev–Trinajstić information content (AvgIpc) is 2.49. The molecular weight excluding hydrogens is 250 g/mol. The molecule has 2 aromatic carbocycles. The van der Waals surface area contributed by atoms with E-state index >= 15 is 0 Å². The van der Waals surface area contributed by atoms with E-state index in [2.05, 4.69) is 18.3 Å². The Hall–Kier alpha value is -2.16. The molecule has 1 unspecified atom stereocenters. The molecule has 106 valence electrons. The molecule has 0 aliphatic rings. The van der Waals surface area contributed by atoms with Gasteiger partial charge in [-0.1, -0.05) is 30.3 Å². The zero-order valence-electron chi connectivity index (χ0n) is 12.2. The van der Waals surface area contributed by atoms with E-state index in [1.165, 1.54) is 0 Å². The fourth-order valence-electron chi connectivity index (χ4n) is 2.20. The Bertz CT molecular complexity index is 554. The van der Waals surface area contributed by atoms with Crippen molar-refractivity contribution in [1.29, 1.82) is 0 Å². The van der Waals surface area contributed by atoms with Crippen molar-refractivity contribution in [3.05, 3.63) is 54.1 Å². The van der Waals surface area contributed by atoms with Gasteiger partial charge in [0.2, 0.25) is 0 Å². The molecule has 0 heterocycles. The normalized spacial score (nSPS) is 11.8. The summed E-state index contributed by atoms with van der Waals surface area (Å²) in [5.74, 6) is 1.76. The summed E-state index contributed by atoms with van der Waals surface area (Å²) in [6.07, 6.45) is 0. The predicted octanol–water partition coefficient (Wildman–Crippen LogP) is 4.27. The van der Waals surface area contributed by atoms with Crippen LogP contribution in [-0.4, -0.2) is 13.7 Å². The highest BCUT2D eigenvalue weighted by Crippen LogP contribution is 2.31. The van der Waals surface area contributed by atoms with Crippen LogP contribution in [0.3, 0.4) is 0 Å². The second kappa shape index (κ2) is 6.85. The molecule has 0 spiro atoms. The Morgan fingerprint density at radius 3 is 2.35 bits per heavy atom. The van der Waals surface area contributed by atoms with E-state index in [1.54, 1.807) is 7.11 Å². The molecule has 2 aromatic rings. The molecule has 0 aromatic heterocycles. The summed E-state index contributed by atoms with van der Waals surface area (Å²) in [6.45, 7) is 4.75. The van der Waals surface area contributed by atoms with Crippen LogP contribution in [0.2, 0.25) is 0 Å². The third-order valence-electron chi connectivity index (χ3n) is 3.16. The van der Waals surface area contributed by atoms with Gasteiger partial charge in [-0.25, -0.2) is 0 Å². The lowest BCUT2D eigenvalue weighted by Gasteiger charge is -2.20. The molecular formula is C17H21NO2. The first kappa shape index (κ1) is 14.3. The van der Waals surface area contributed by atoms with Crippen LogP contribution in [0.25, 0.3) is 0 Å². The quantitative estimate of drug-likeness (QED) is 0.851. The summed E-state index contributed by atoms with van der Waals surface area (Å²) < 4.78 is 11.0. The Kier molecular flexibility index (Phi) is 4.88. The Labute approximate surface area is 120 Å². The highest BCUT2D eigenvalue weighted by molar-refractivity contribution is 5.58. The number of ether oxygens (including phenoxy) is 2. The summed E-state index contributed by atoms with van der Waals surface area (Å²) >= 11 is 0. The van der Waals surface area contributed by atoms with E-state index in [0.29, 0.717) is 6.61 Å². The molecule has 1 atom stereocenters. The van der Waals surface area contributed by atoms with Crippen LogP contribution < -0.4 is 14.8 Å². The number of anilines is 1. The van der Waals surface area contributed by atoms with Crippen molar-refractivity contribution >= 4 is 5.69 Å². The van der Waals surface area contributed by atoms with Crippen molar-refractivity contribution in [3.8, 4) is 11.5 Å². The zero-order chi connectivity index (χ0) is 14.4. The Morgan fingerprint density at radius 1 is 1.00 bits per heavy atom. The standard InChI is InChI=1S/C17H21NO2/c1-4-20-17-12-8-6-10-15(17)18-13(2)14-9-5-7-11-16(14)19-3/h5-13,18H,4H2,1-3H3. The first-order valence-corrected chi connectivity index (χ1v) is 6.87. The number of rotatable bonds is 6. The smallest absolute Gasteiger partial charge is 0.142 e. The van der Waals surface area contributed by atoms with Gasteiger partial charge in [0.25, 0.3) is 0 Å². The maximum absolute atomic E-state index is 5.64. The molecule has 0 fully saturated rings. The number of nitrogens with one attached hydrogen (secondary N) is 1. The highest BCUT2D eigenvalue weighted by Gasteiger charge is 2.12. The van der Waals surface area contributed by atoms with Gasteiger partial charge in [-0.3, -0.25) is 0 Å². The van der Waals surface area contributed by atoms with Crippen LogP contribution in [0.4, 0.5) is 5.69 Å². The molecule has 3 heteroatoms. The van der Waals surface area contributed by atoms with Crippen molar-refractivity contribution in [1.82, 2.24) is 0 Å². The van der Waals surface area contributed by atoms with Gasteiger partial charge >= 0.3 is 0 Å². The van der Waals surface area contributed by atoms with Crippen LogP contribution >= 0.6 is 0 Å². The number of hydrogen-bond acceptors (Lipinski definition) is 3. The maximum atomic E-state index is 5.64. The minimum atomic E-state index is 0.132. The molecule has 0 saturated carbocycles. The van der Waals surface area contributed by atoms with Gasteiger partial charge in [0, 0.05) is 5.56 Å². The first-order valence-electron chi connectivity index (χ1n) is 6.87. The Morgan fingerprint density at radius 2 is 1.65 bits per heavy atom. The average molecular weight is 271 g/mol. The van der Waals surface area contributed by atoms with Gasteiger partial charge in [0.05, 0.1) is 25.4 Å². The number of para-hydroxylation sites is 3. The molecule has 0 aliphatic carbocycles. The Balaban J connectivity index is 2.21. The van der Waals surface area contributed by atoms with Crippen LogP contribution in [-0.2, 0) is 0 Å². The van der Waals surface area contributed by atoms with E-state index in [-0.39, 0.29) is 6.04 Å². The first-order chi connectivity index (χ1) is 9.76. The van der Waals surface area contributed by atoms with Gasteiger partial charge < -0.3 is 14.8 Å². The lowest BCUT2D eigenvalue weighted by Crippen LogP contribution is -2.09. The molecule has 0 aliphatic heterocycles. The molecule has 0 radical (unpaired) electrons. The fourth-order valence-corrected chi connectivity index (χ4v) is 2.20. The fraction of sp³-hybridized carbons (Fsp3) is 0.294. The highest BCUT2D eigenvalue weighted by atomic mass is 16.5. The summed E-state index contributed by atoms with van der Waals surface area (Å²) in [6, 6.07) is 16.1. The molecule has 20 heavy (non-hydrogen) atoms. The van der Waals surface area contributed by atoms with Crippen molar-refractivity contribution < 1.29 is 9.47 Å². The summed E-state index contributed by atoms with van der Waals surface area (Å²) in [4.78, 5) is 0. The van der Waals surface area contributed by atoms with Crippen molar-refractivity contribution in [3.63, 3.8) is 0 Å². The van der Waals surface area contributed by atoms with Crippen LogP contribution in [0, 0.1) is 0 Å². The summed E-state index contributed by atoms with van der Waals surface area (Å²) in [7, 11) is 1.69. The summed E-state index contributed by atoms with van der Waals surface area (Å²) in [5, 5.41) is 3.48. The van der Waals surface area contributed by atoms with Crippen LogP contribution in [0.5, 0.6) is 11.5 Å². The minimum Gasteiger partial charge on any atom is -0.496 e. The van der Waals surface area contributed by atoms with Gasteiger partial charge in [0.1, 0.15) is 11.5 Å². The third kappa shape index (κ3) is 3.23. The SMILES string of the molecule is CCOc1ccccc1NC(C)c1ccccc1OC. The van der Waals surface area contributed by atoms with E-state index in [9.17, 15) is 0 Å². The second-order valence-corrected chi connectivity index (χ2v) is 4.54. The van der Waals surface area contributed by atoms with E-state index in [1.807, 2.05) is 49.4 Å². The zero-order valence-corrected chi connectivity index (χ0v) is 12.2. The molecule has 0 amide bonds. The molecule has 0 bridgehead atoms. The lowest BCUT2D eigenvalue weighted by molar-refractivity contribution is 0.341. The number of benzene rings is 2. The minimum absolute atomic E-state index is 0.132. The molecule has 1 N–H and O–H groups in total.